The molecule has 0 unspecified atom stereocenters. The molecule has 0 amide bonds. The summed E-state index contributed by atoms with van der Waals surface area (Å²) in [6, 6.07) is 6.87. The monoisotopic (exact) mass is 333 g/mol. The first-order chi connectivity index (χ1) is 9.65. The molecule has 0 radical (unpaired) electrons. The first-order valence-electron chi connectivity index (χ1n) is 5.73. The van der Waals surface area contributed by atoms with Gasteiger partial charge in [0.2, 0.25) is 0 Å². The van der Waals surface area contributed by atoms with Crippen LogP contribution >= 0.6 is 15.9 Å². The van der Waals surface area contributed by atoms with Gasteiger partial charge >= 0.3 is 5.63 Å². The molecular formula is C13H8BrN3O3. The fourth-order valence-corrected chi connectivity index (χ4v) is 2.29. The molecule has 0 bridgehead atoms. The van der Waals surface area contributed by atoms with Gasteiger partial charge < -0.3 is 4.42 Å². The van der Waals surface area contributed by atoms with E-state index in [0.717, 1.165) is 15.4 Å². The van der Waals surface area contributed by atoms with Crippen molar-refractivity contribution < 1.29 is 9.21 Å². The normalized spacial score (nSPS) is 10.8. The lowest BCUT2D eigenvalue weighted by Crippen LogP contribution is -2.06. The predicted octanol–water partition coefficient (Wildman–Crippen LogP) is 2.01. The molecule has 0 aliphatic carbocycles. The van der Waals surface area contributed by atoms with Crippen molar-refractivity contribution in [2.24, 2.45) is 0 Å². The minimum absolute atomic E-state index is 0.250. The van der Waals surface area contributed by atoms with Gasteiger partial charge in [0.1, 0.15) is 11.3 Å². The third-order valence-corrected chi connectivity index (χ3v) is 3.29. The summed E-state index contributed by atoms with van der Waals surface area (Å²) in [5, 5.41) is 8.33. The topological polar surface area (TPSA) is 78.0 Å². The summed E-state index contributed by atoms with van der Waals surface area (Å²) in [5.41, 5.74) is 1.07. The number of nitrogens with zero attached hydrogens (tertiary/aromatic N) is 3. The molecule has 20 heavy (non-hydrogen) atoms. The quantitative estimate of drug-likeness (QED) is 0.541. The van der Waals surface area contributed by atoms with E-state index < -0.39 is 5.63 Å². The van der Waals surface area contributed by atoms with E-state index in [1.807, 2.05) is 12.1 Å². The lowest BCUT2D eigenvalue weighted by atomic mass is 10.1. The molecule has 0 atom stereocenters. The summed E-state index contributed by atoms with van der Waals surface area (Å²) in [6.45, 7) is 0.338. The second-order valence-electron chi connectivity index (χ2n) is 4.19. The van der Waals surface area contributed by atoms with Gasteiger partial charge in [-0.1, -0.05) is 21.1 Å². The number of halogens is 1. The highest BCUT2D eigenvalue weighted by Gasteiger charge is 2.08. The fourth-order valence-electron chi connectivity index (χ4n) is 1.95. The van der Waals surface area contributed by atoms with Gasteiger partial charge in [-0.2, -0.15) is 0 Å². The van der Waals surface area contributed by atoms with Crippen molar-refractivity contribution >= 4 is 33.2 Å². The Kier molecular flexibility index (Phi) is 3.19. The van der Waals surface area contributed by atoms with Crippen LogP contribution in [0.2, 0.25) is 0 Å². The molecule has 3 rings (SSSR count). The van der Waals surface area contributed by atoms with Gasteiger partial charge in [0.25, 0.3) is 0 Å². The SMILES string of the molecule is O=Cc1cn(Cc2cc(=O)oc3cc(Br)ccc23)nn1. The van der Waals surface area contributed by atoms with Crippen LogP contribution in [0.3, 0.4) is 0 Å². The average Bonchev–Trinajstić information content (AvgIpc) is 2.85. The number of fused-ring (bicyclic) bond motifs is 1. The second kappa shape index (κ2) is 5.01. The standard InChI is InChI=1S/C13H8BrN3O3/c14-9-1-2-11-8(3-13(19)20-12(11)4-9)5-17-6-10(7-18)15-16-17/h1-4,6-7H,5H2. The summed E-state index contributed by atoms with van der Waals surface area (Å²) in [5.74, 6) is 0. The van der Waals surface area contributed by atoms with Gasteiger partial charge in [-0.15, -0.1) is 5.10 Å². The highest BCUT2D eigenvalue weighted by Crippen LogP contribution is 2.22. The molecule has 2 heterocycles. The highest BCUT2D eigenvalue weighted by atomic mass is 79.9. The molecule has 0 saturated heterocycles. The van der Waals surface area contributed by atoms with Crippen molar-refractivity contribution in [1.82, 2.24) is 15.0 Å². The minimum atomic E-state index is -0.429. The molecule has 0 fully saturated rings. The fraction of sp³-hybridized carbons (Fsp3) is 0.0769. The van der Waals surface area contributed by atoms with Crippen molar-refractivity contribution in [2.45, 2.75) is 6.54 Å². The van der Waals surface area contributed by atoms with Gasteiger partial charge in [0, 0.05) is 15.9 Å². The molecule has 0 saturated carbocycles. The molecule has 1 aromatic carbocycles. The minimum Gasteiger partial charge on any atom is -0.423 e. The van der Waals surface area contributed by atoms with Gasteiger partial charge in [-0.05, 0) is 23.8 Å². The number of carbonyl (C=O) groups excluding carboxylic acids is 1. The summed E-state index contributed by atoms with van der Waals surface area (Å²) in [6.07, 6.45) is 2.14. The van der Waals surface area contributed by atoms with Crippen LogP contribution in [0.25, 0.3) is 11.0 Å². The molecule has 0 aliphatic heterocycles. The molecular weight excluding hydrogens is 326 g/mol. The van der Waals surface area contributed by atoms with Gasteiger partial charge in [-0.3, -0.25) is 4.79 Å². The van der Waals surface area contributed by atoms with Crippen LogP contribution < -0.4 is 5.63 Å². The van der Waals surface area contributed by atoms with Crippen LogP contribution in [0, 0.1) is 0 Å². The smallest absolute Gasteiger partial charge is 0.336 e. The summed E-state index contributed by atoms with van der Waals surface area (Å²) < 4.78 is 7.49. The van der Waals surface area contributed by atoms with Crippen molar-refractivity contribution in [3.05, 3.63) is 56.6 Å². The van der Waals surface area contributed by atoms with Crippen LogP contribution in [-0.2, 0) is 6.54 Å². The summed E-state index contributed by atoms with van der Waals surface area (Å²) in [4.78, 5) is 22.2. The molecule has 7 heteroatoms. The Balaban J connectivity index is 2.10. The van der Waals surface area contributed by atoms with Crippen LogP contribution in [0.1, 0.15) is 16.1 Å². The van der Waals surface area contributed by atoms with E-state index in [4.69, 9.17) is 4.42 Å². The van der Waals surface area contributed by atoms with E-state index in [1.54, 1.807) is 6.07 Å². The molecule has 3 aromatic rings. The summed E-state index contributed by atoms with van der Waals surface area (Å²) >= 11 is 3.33. The maximum absolute atomic E-state index is 11.6. The van der Waals surface area contributed by atoms with E-state index in [9.17, 15) is 9.59 Å². The zero-order chi connectivity index (χ0) is 14.1. The van der Waals surface area contributed by atoms with E-state index >= 15 is 0 Å². The van der Waals surface area contributed by atoms with E-state index in [0.29, 0.717) is 18.4 Å². The number of rotatable bonds is 3. The number of benzene rings is 1. The maximum atomic E-state index is 11.6. The first kappa shape index (κ1) is 12.7. The van der Waals surface area contributed by atoms with Crippen LogP contribution in [0.15, 0.2) is 44.1 Å². The predicted molar refractivity (Wildman–Crippen MR) is 74.7 cm³/mol. The molecule has 0 N–H and O–H groups in total. The third-order valence-electron chi connectivity index (χ3n) is 2.80. The Morgan fingerprint density at radius 3 is 2.95 bits per heavy atom. The Morgan fingerprint density at radius 2 is 2.20 bits per heavy atom. The third kappa shape index (κ3) is 2.39. The number of aldehydes is 1. The van der Waals surface area contributed by atoms with E-state index in [1.165, 1.54) is 16.9 Å². The van der Waals surface area contributed by atoms with Crippen molar-refractivity contribution in [3.63, 3.8) is 0 Å². The Labute approximate surface area is 121 Å². The maximum Gasteiger partial charge on any atom is 0.336 e. The van der Waals surface area contributed by atoms with Crippen LogP contribution in [0.4, 0.5) is 0 Å². The number of hydrogen-bond donors (Lipinski definition) is 0. The van der Waals surface area contributed by atoms with Crippen molar-refractivity contribution in [3.8, 4) is 0 Å². The average molecular weight is 334 g/mol. The molecule has 0 spiro atoms. The van der Waals surface area contributed by atoms with Crippen molar-refractivity contribution in [2.75, 3.05) is 0 Å². The Morgan fingerprint density at radius 1 is 1.35 bits per heavy atom. The van der Waals surface area contributed by atoms with E-state index in [2.05, 4.69) is 26.2 Å². The van der Waals surface area contributed by atoms with Gasteiger partial charge in [0.15, 0.2) is 6.29 Å². The Bertz CT molecular complexity index is 853. The molecule has 2 aromatic heterocycles. The van der Waals surface area contributed by atoms with Crippen LogP contribution in [0.5, 0.6) is 0 Å². The van der Waals surface area contributed by atoms with Crippen molar-refractivity contribution in [1.29, 1.82) is 0 Å². The van der Waals surface area contributed by atoms with E-state index in [-0.39, 0.29) is 5.69 Å². The second-order valence-corrected chi connectivity index (χ2v) is 5.11. The molecule has 100 valence electrons. The molecule has 6 nitrogen and oxygen atoms in total. The zero-order valence-electron chi connectivity index (χ0n) is 10.1. The summed E-state index contributed by atoms with van der Waals surface area (Å²) in [7, 11) is 0. The lowest BCUT2D eigenvalue weighted by molar-refractivity contribution is 0.111. The van der Waals surface area contributed by atoms with Gasteiger partial charge in [-0.25, -0.2) is 9.48 Å². The zero-order valence-corrected chi connectivity index (χ0v) is 11.7. The largest absolute Gasteiger partial charge is 0.423 e. The number of carbonyl (C=O) groups is 1. The Hall–Kier alpha value is -2.28. The highest BCUT2D eigenvalue weighted by molar-refractivity contribution is 9.10. The lowest BCUT2D eigenvalue weighted by Gasteiger charge is -2.05. The first-order valence-corrected chi connectivity index (χ1v) is 6.52. The number of hydrogen-bond acceptors (Lipinski definition) is 5. The number of aromatic nitrogens is 3. The van der Waals surface area contributed by atoms with Gasteiger partial charge in [0.05, 0.1) is 12.7 Å². The molecule has 0 aliphatic rings. The van der Waals surface area contributed by atoms with Crippen LogP contribution in [-0.4, -0.2) is 21.3 Å².